The van der Waals surface area contributed by atoms with Crippen molar-refractivity contribution in [2.75, 3.05) is 0 Å². The number of hydrogen-bond donors (Lipinski definition) is 0. The zero-order valence-electron chi connectivity index (χ0n) is 6.33. The summed E-state index contributed by atoms with van der Waals surface area (Å²) in [4.78, 5) is 0. The molecule has 1 heterocycles. The molecule has 0 atom stereocenters. The van der Waals surface area contributed by atoms with E-state index >= 15 is 0 Å². The SMILES string of the molecule is Clc1sccc1-c1ccccc1. The Kier molecular flexibility index (Phi) is 2.15. The minimum atomic E-state index is 0.862. The van der Waals surface area contributed by atoms with Gasteiger partial charge in [-0.3, -0.25) is 0 Å². The summed E-state index contributed by atoms with van der Waals surface area (Å²) in [6.07, 6.45) is 0. The Bertz CT molecular complexity index is 364. The van der Waals surface area contributed by atoms with Gasteiger partial charge in [0, 0.05) is 5.56 Å². The summed E-state index contributed by atoms with van der Waals surface area (Å²) in [5, 5.41) is 2.00. The van der Waals surface area contributed by atoms with Crippen molar-refractivity contribution in [2.45, 2.75) is 0 Å². The molecule has 1 aromatic carbocycles. The van der Waals surface area contributed by atoms with Crippen LogP contribution in [0.3, 0.4) is 0 Å². The lowest BCUT2D eigenvalue weighted by molar-refractivity contribution is 1.68. The van der Waals surface area contributed by atoms with Crippen LogP contribution in [0.4, 0.5) is 0 Å². The van der Waals surface area contributed by atoms with Gasteiger partial charge in [-0.25, -0.2) is 0 Å². The quantitative estimate of drug-likeness (QED) is 0.642. The molecule has 12 heavy (non-hydrogen) atoms. The minimum Gasteiger partial charge on any atom is -0.131 e. The average Bonchev–Trinajstić information content (AvgIpc) is 2.53. The van der Waals surface area contributed by atoms with Crippen LogP contribution < -0.4 is 0 Å². The Morgan fingerprint density at radius 3 is 2.33 bits per heavy atom. The molecule has 0 amide bonds. The maximum absolute atomic E-state index is 5.99. The number of rotatable bonds is 1. The summed E-state index contributed by atoms with van der Waals surface area (Å²) in [6.45, 7) is 0. The number of hydrogen-bond acceptors (Lipinski definition) is 1. The molecular formula is C10H7ClS. The molecule has 0 nitrogen and oxygen atoms in total. The molecular weight excluding hydrogens is 188 g/mol. The Morgan fingerprint density at radius 2 is 1.75 bits per heavy atom. The largest absolute Gasteiger partial charge is 0.131 e. The van der Waals surface area contributed by atoms with Crippen molar-refractivity contribution in [2.24, 2.45) is 0 Å². The fourth-order valence-corrected chi connectivity index (χ4v) is 2.08. The lowest BCUT2D eigenvalue weighted by atomic mass is 10.1. The molecule has 2 aromatic rings. The second-order valence-electron chi connectivity index (χ2n) is 2.47. The third kappa shape index (κ3) is 1.38. The van der Waals surface area contributed by atoms with Crippen molar-refractivity contribution in [1.82, 2.24) is 0 Å². The predicted octanol–water partition coefficient (Wildman–Crippen LogP) is 4.07. The number of benzene rings is 1. The van der Waals surface area contributed by atoms with Crippen molar-refractivity contribution in [3.05, 3.63) is 46.1 Å². The fraction of sp³-hybridized carbons (Fsp3) is 0. The lowest BCUT2D eigenvalue weighted by Crippen LogP contribution is -1.71. The highest BCUT2D eigenvalue weighted by Crippen LogP contribution is 2.31. The topological polar surface area (TPSA) is 0 Å². The van der Waals surface area contributed by atoms with Gasteiger partial charge >= 0.3 is 0 Å². The molecule has 2 rings (SSSR count). The maximum atomic E-state index is 5.99. The summed E-state index contributed by atoms with van der Waals surface area (Å²) >= 11 is 7.56. The van der Waals surface area contributed by atoms with Crippen LogP contribution in [0, 0.1) is 0 Å². The van der Waals surface area contributed by atoms with Crippen LogP contribution in [0.1, 0.15) is 0 Å². The minimum absolute atomic E-state index is 0.862. The molecule has 0 aliphatic rings. The van der Waals surface area contributed by atoms with Crippen LogP contribution in [-0.4, -0.2) is 0 Å². The van der Waals surface area contributed by atoms with E-state index in [1.165, 1.54) is 5.56 Å². The van der Waals surface area contributed by atoms with Crippen molar-refractivity contribution in [3.8, 4) is 11.1 Å². The predicted molar refractivity (Wildman–Crippen MR) is 54.8 cm³/mol. The molecule has 0 aliphatic carbocycles. The first-order chi connectivity index (χ1) is 5.88. The molecule has 0 fully saturated rings. The van der Waals surface area contributed by atoms with Gasteiger partial charge in [-0.1, -0.05) is 41.9 Å². The summed E-state index contributed by atoms with van der Waals surface area (Å²) in [5.74, 6) is 0. The first-order valence-corrected chi connectivity index (χ1v) is 4.92. The zero-order valence-corrected chi connectivity index (χ0v) is 7.90. The smallest absolute Gasteiger partial charge is 0.101 e. The van der Waals surface area contributed by atoms with Crippen LogP contribution in [0.2, 0.25) is 4.34 Å². The molecule has 0 saturated heterocycles. The highest BCUT2D eigenvalue weighted by molar-refractivity contribution is 7.15. The molecule has 0 spiro atoms. The van der Waals surface area contributed by atoms with Gasteiger partial charge < -0.3 is 0 Å². The van der Waals surface area contributed by atoms with Crippen molar-refractivity contribution >= 4 is 22.9 Å². The van der Waals surface area contributed by atoms with Gasteiger partial charge in [0.05, 0.1) is 0 Å². The van der Waals surface area contributed by atoms with Crippen LogP contribution >= 0.6 is 22.9 Å². The average molecular weight is 195 g/mol. The molecule has 1 aromatic heterocycles. The summed E-state index contributed by atoms with van der Waals surface area (Å²) < 4.78 is 0.862. The zero-order chi connectivity index (χ0) is 8.39. The lowest BCUT2D eigenvalue weighted by Gasteiger charge is -1.96. The highest BCUT2D eigenvalue weighted by Gasteiger charge is 2.02. The van der Waals surface area contributed by atoms with E-state index in [4.69, 9.17) is 11.6 Å². The third-order valence-corrected chi connectivity index (χ3v) is 2.87. The Hall–Kier alpha value is -0.790. The first kappa shape index (κ1) is 7.84. The monoisotopic (exact) mass is 194 g/mol. The number of thiophene rings is 1. The van der Waals surface area contributed by atoms with Crippen LogP contribution in [0.5, 0.6) is 0 Å². The molecule has 0 bridgehead atoms. The van der Waals surface area contributed by atoms with Crippen LogP contribution in [0.25, 0.3) is 11.1 Å². The van der Waals surface area contributed by atoms with E-state index in [1.54, 1.807) is 11.3 Å². The molecule has 2 heteroatoms. The van der Waals surface area contributed by atoms with Crippen molar-refractivity contribution in [1.29, 1.82) is 0 Å². The van der Waals surface area contributed by atoms with E-state index in [9.17, 15) is 0 Å². The summed E-state index contributed by atoms with van der Waals surface area (Å²) in [5.41, 5.74) is 2.31. The molecule has 0 aliphatic heterocycles. The van der Waals surface area contributed by atoms with Gasteiger partial charge in [-0.2, -0.15) is 0 Å². The first-order valence-electron chi connectivity index (χ1n) is 3.66. The van der Waals surface area contributed by atoms with Crippen LogP contribution in [-0.2, 0) is 0 Å². The van der Waals surface area contributed by atoms with E-state index in [-0.39, 0.29) is 0 Å². The fourth-order valence-electron chi connectivity index (χ4n) is 1.12. The van der Waals surface area contributed by atoms with E-state index in [0.29, 0.717) is 0 Å². The Morgan fingerprint density at radius 1 is 1.00 bits per heavy atom. The van der Waals surface area contributed by atoms with Gasteiger partial charge in [0.25, 0.3) is 0 Å². The molecule has 0 radical (unpaired) electrons. The molecule has 0 saturated carbocycles. The molecule has 0 unspecified atom stereocenters. The second-order valence-corrected chi connectivity index (χ2v) is 3.99. The van der Waals surface area contributed by atoms with E-state index in [1.807, 2.05) is 29.6 Å². The summed E-state index contributed by atoms with van der Waals surface area (Å²) in [7, 11) is 0. The van der Waals surface area contributed by atoms with Gasteiger partial charge in [-0.15, -0.1) is 11.3 Å². The molecule has 60 valence electrons. The maximum Gasteiger partial charge on any atom is 0.101 e. The second kappa shape index (κ2) is 3.30. The van der Waals surface area contributed by atoms with Crippen LogP contribution in [0.15, 0.2) is 41.8 Å². The third-order valence-electron chi connectivity index (χ3n) is 1.70. The van der Waals surface area contributed by atoms with Crippen molar-refractivity contribution < 1.29 is 0 Å². The normalized spacial score (nSPS) is 10.1. The van der Waals surface area contributed by atoms with Gasteiger partial charge in [0.1, 0.15) is 4.34 Å². The Labute approximate surface area is 80.4 Å². The van der Waals surface area contributed by atoms with E-state index in [2.05, 4.69) is 12.1 Å². The standard InChI is InChI=1S/C10H7ClS/c11-10-9(6-7-12-10)8-4-2-1-3-5-8/h1-7H. The summed E-state index contributed by atoms with van der Waals surface area (Å²) in [6, 6.07) is 12.2. The Balaban J connectivity index is 2.51. The van der Waals surface area contributed by atoms with Gasteiger partial charge in [-0.05, 0) is 17.0 Å². The van der Waals surface area contributed by atoms with Gasteiger partial charge in [0.2, 0.25) is 0 Å². The van der Waals surface area contributed by atoms with Crippen molar-refractivity contribution in [3.63, 3.8) is 0 Å². The number of halogens is 1. The highest BCUT2D eigenvalue weighted by atomic mass is 35.5. The van der Waals surface area contributed by atoms with Gasteiger partial charge in [0.15, 0.2) is 0 Å². The van der Waals surface area contributed by atoms with E-state index in [0.717, 1.165) is 9.90 Å². The van der Waals surface area contributed by atoms with E-state index < -0.39 is 0 Å². The molecule has 0 N–H and O–H groups in total.